The Morgan fingerprint density at radius 3 is 2.47 bits per heavy atom. The van der Waals surface area contributed by atoms with E-state index in [0.29, 0.717) is 32.3 Å². The Hall–Kier alpha value is -2.86. The molecular weight excluding hydrogens is 426 g/mol. The van der Waals surface area contributed by atoms with Gasteiger partial charge in [-0.1, -0.05) is 54.6 Å². The van der Waals surface area contributed by atoms with Crippen LogP contribution < -0.4 is 14.8 Å². The molecule has 1 aliphatic heterocycles. The van der Waals surface area contributed by atoms with Crippen LogP contribution in [0.2, 0.25) is 0 Å². The van der Waals surface area contributed by atoms with Gasteiger partial charge in [0.25, 0.3) is 0 Å². The molecule has 1 saturated heterocycles. The average Bonchev–Trinajstić information content (AvgIpc) is 2.91. The lowest BCUT2D eigenvalue weighted by Crippen LogP contribution is -2.40. The first-order chi connectivity index (χ1) is 16.8. The van der Waals surface area contributed by atoms with E-state index >= 15 is 0 Å². The summed E-state index contributed by atoms with van der Waals surface area (Å²) in [5, 5.41) is 3.47. The highest BCUT2D eigenvalue weighted by atomic mass is 16.5. The SMILES string of the molecule is COc1cccc(COC2CNCCC2c2ccc(OCCCOCc3ccccc3)cc2)c1. The second-order valence-electron chi connectivity index (χ2n) is 8.61. The minimum atomic E-state index is 0.133. The van der Waals surface area contributed by atoms with Crippen molar-refractivity contribution in [1.29, 1.82) is 0 Å². The van der Waals surface area contributed by atoms with Crippen molar-refractivity contribution in [1.82, 2.24) is 5.32 Å². The molecular formula is C29H35NO4. The molecule has 1 fully saturated rings. The summed E-state index contributed by atoms with van der Waals surface area (Å²) in [7, 11) is 1.69. The van der Waals surface area contributed by atoms with Gasteiger partial charge in [0.1, 0.15) is 11.5 Å². The first-order valence-electron chi connectivity index (χ1n) is 12.1. The third-order valence-electron chi connectivity index (χ3n) is 6.15. The van der Waals surface area contributed by atoms with Crippen LogP contribution in [0.1, 0.15) is 35.4 Å². The van der Waals surface area contributed by atoms with Gasteiger partial charge in [0.2, 0.25) is 0 Å². The predicted molar refractivity (Wildman–Crippen MR) is 134 cm³/mol. The Balaban J connectivity index is 1.21. The van der Waals surface area contributed by atoms with E-state index in [4.69, 9.17) is 18.9 Å². The first-order valence-corrected chi connectivity index (χ1v) is 12.1. The fraction of sp³-hybridized carbons (Fsp3) is 0.379. The summed E-state index contributed by atoms with van der Waals surface area (Å²) in [5.41, 5.74) is 3.62. The van der Waals surface area contributed by atoms with Crippen molar-refractivity contribution in [3.8, 4) is 11.5 Å². The summed E-state index contributed by atoms with van der Waals surface area (Å²) in [6.45, 7) is 4.42. The zero-order valence-corrected chi connectivity index (χ0v) is 20.0. The molecule has 0 spiro atoms. The Bertz CT molecular complexity index is 977. The molecule has 4 rings (SSSR count). The van der Waals surface area contributed by atoms with Gasteiger partial charge >= 0.3 is 0 Å². The quantitative estimate of drug-likeness (QED) is 0.369. The molecule has 3 aromatic rings. The van der Waals surface area contributed by atoms with E-state index in [-0.39, 0.29) is 6.10 Å². The van der Waals surface area contributed by atoms with Gasteiger partial charge in [0.05, 0.1) is 39.6 Å². The zero-order chi connectivity index (χ0) is 23.4. The number of piperidine rings is 1. The lowest BCUT2D eigenvalue weighted by Gasteiger charge is -2.32. The normalized spacial score (nSPS) is 17.9. The molecule has 5 heteroatoms. The Kier molecular flexibility index (Phi) is 9.38. The summed E-state index contributed by atoms with van der Waals surface area (Å²) < 4.78 is 23.3. The van der Waals surface area contributed by atoms with Crippen LogP contribution in [0.25, 0.3) is 0 Å². The van der Waals surface area contributed by atoms with Crippen molar-refractivity contribution in [3.05, 3.63) is 95.6 Å². The van der Waals surface area contributed by atoms with Crippen LogP contribution in [0.4, 0.5) is 0 Å². The molecule has 0 saturated carbocycles. The van der Waals surface area contributed by atoms with Crippen LogP contribution in [-0.2, 0) is 22.7 Å². The number of rotatable bonds is 12. The standard InChI is InChI=1S/C29H35NO4/c1-31-27-10-5-9-24(19-27)22-34-29-20-30-16-15-28(29)25-11-13-26(14-12-25)33-18-6-17-32-21-23-7-3-2-4-8-23/h2-5,7-14,19,28-30H,6,15-18,20-22H2,1H3. The van der Waals surface area contributed by atoms with E-state index in [2.05, 4.69) is 47.8 Å². The second-order valence-corrected chi connectivity index (χ2v) is 8.61. The van der Waals surface area contributed by atoms with E-state index in [9.17, 15) is 0 Å². The van der Waals surface area contributed by atoms with Gasteiger partial charge in [0, 0.05) is 18.9 Å². The first kappa shape index (κ1) is 24.3. The van der Waals surface area contributed by atoms with Crippen molar-refractivity contribution in [2.24, 2.45) is 0 Å². The van der Waals surface area contributed by atoms with Crippen molar-refractivity contribution < 1.29 is 18.9 Å². The summed E-state index contributed by atoms with van der Waals surface area (Å²) in [6.07, 6.45) is 2.05. The van der Waals surface area contributed by atoms with E-state index in [1.54, 1.807) is 7.11 Å². The molecule has 1 heterocycles. The molecule has 2 unspecified atom stereocenters. The third-order valence-corrected chi connectivity index (χ3v) is 6.15. The zero-order valence-electron chi connectivity index (χ0n) is 20.0. The highest BCUT2D eigenvalue weighted by molar-refractivity contribution is 5.31. The molecule has 3 aromatic carbocycles. The molecule has 180 valence electrons. The lowest BCUT2D eigenvalue weighted by molar-refractivity contribution is 0.0105. The van der Waals surface area contributed by atoms with Crippen molar-refractivity contribution in [2.45, 2.75) is 38.1 Å². The minimum absolute atomic E-state index is 0.133. The monoisotopic (exact) mass is 461 g/mol. The fourth-order valence-electron chi connectivity index (χ4n) is 4.28. The van der Waals surface area contributed by atoms with E-state index in [1.807, 2.05) is 36.4 Å². The van der Waals surface area contributed by atoms with Crippen molar-refractivity contribution in [2.75, 3.05) is 33.4 Å². The molecule has 0 aliphatic carbocycles. The van der Waals surface area contributed by atoms with Gasteiger partial charge in [-0.15, -0.1) is 0 Å². The lowest BCUT2D eigenvalue weighted by atomic mass is 9.87. The van der Waals surface area contributed by atoms with E-state index in [0.717, 1.165) is 43.0 Å². The van der Waals surface area contributed by atoms with E-state index < -0.39 is 0 Å². The molecule has 0 bridgehead atoms. The molecule has 5 nitrogen and oxygen atoms in total. The van der Waals surface area contributed by atoms with Gasteiger partial charge in [-0.05, 0) is 53.9 Å². The highest BCUT2D eigenvalue weighted by Crippen LogP contribution is 2.30. The number of ether oxygens (including phenoxy) is 4. The van der Waals surface area contributed by atoms with E-state index in [1.165, 1.54) is 11.1 Å². The summed E-state index contributed by atoms with van der Waals surface area (Å²) in [4.78, 5) is 0. The molecule has 0 amide bonds. The van der Waals surface area contributed by atoms with Crippen molar-refractivity contribution >= 4 is 0 Å². The Morgan fingerprint density at radius 1 is 0.824 bits per heavy atom. The topological polar surface area (TPSA) is 49.0 Å². The molecule has 1 N–H and O–H groups in total. The molecule has 2 atom stereocenters. The highest BCUT2D eigenvalue weighted by Gasteiger charge is 2.27. The number of hydrogen-bond donors (Lipinski definition) is 1. The third kappa shape index (κ3) is 7.32. The Morgan fingerprint density at radius 2 is 1.65 bits per heavy atom. The van der Waals surface area contributed by atoms with Crippen LogP contribution in [0, 0.1) is 0 Å². The van der Waals surface area contributed by atoms with Crippen LogP contribution in [0.5, 0.6) is 11.5 Å². The molecule has 34 heavy (non-hydrogen) atoms. The summed E-state index contributed by atoms with van der Waals surface area (Å²) >= 11 is 0. The van der Waals surface area contributed by atoms with Crippen LogP contribution in [0.15, 0.2) is 78.9 Å². The second kappa shape index (κ2) is 13.1. The minimum Gasteiger partial charge on any atom is -0.497 e. The maximum absolute atomic E-state index is 6.34. The Labute approximate surface area is 203 Å². The van der Waals surface area contributed by atoms with Gasteiger partial charge in [0.15, 0.2) is 0 Å². The number of hydrogen-bond acceptors (Lipinski definition) is 5. The fourth-order valence-corrected chi connectivity index (χ4v) is 4.28. The molecule has 1 aliphatic rings. The number of benzene rings is 3. The smallest absolute Gasteiger partial charge is 0.119 e. The van der Waals surface area contributed by atoms with Crippen molar-refractivity contribution in [3.63, 3.8) is 0 Å². The van der Waals surface area contributed by atoms with Crippen LogP contribution >= 0.6 is 0 Å². The maximum Gasteiger partial charge on any atom is 0.119 e. The van der Waals surface area contributed by atoms with Gasteiger partial charge in [-0.25, -0.2) is 0 Å². The average molecular weight is 462 g/mol. The van der Waals surface area contributed by atoms with Gasteiger partial charge < -0.3 is 24.3 Å². The van der Waals surface area contributed by atoms with Crippen LogP contribution in [0.3, 0.4) is 0 Å². The van der Waals surface area contributed by atoms with Crippen LogP contribution in [-0.4, -0.2) is 39.5 Å². The largest absolute Gasteiger partial charge is 0.497 e. The number of methoxy groups -OCH3 is 1. The molecule has 0 aromatic heterocycles. The molecule has 0 radical (unpaired) electrons. The number of nitrogens with one attached hydrogen (secondary N) is 1. The summed E-state index contributed by atoms with van der Waals surface area (Å²) in [6, 6.07) is 26.8. The van der Waals surface area contributed by atoms with Gasteiger partial charge in [-0.3, -0.25) is 0 Å². The van der Waals surface area contributed by atoms with Gasteiger partial charge in [-0.2, -0.15) is 0 Å². The summed E-state index contributed by atoms with van der Waals surface area (Å²) in [5.74, 6) is 2.12. The maximum atomic E-state index is 6.34. The predicted octanol–water partition coefficient (Wildman–Crippen LogP) is 5.34.